The average Bonchev–Trinajstić information content (AvgIpc) is 2.86. The van der Waals surface area contributed by atoms with Crippen molar-refractivity contribution in [2.24, 2.45) is 23.2 Å². The van der Waals surface area contributed by atoms with E-state index in [-0.39, 0.29) is 24.1 Å². The molecule has 2 N–H and O–H groups in total. The van der Waals surface area contributed by atoms with Crippen molar-refractivity contribution in [2.45, 2.75) is 52.7 Å². The lowest BCUT2D eigenvalue weighted by Gasteiger charge is -2.62. The summed E-state index contributed by atoms with van der Waals surface area (Å²) in [5.41, 5.74) is 3.02. The van der Waals surface area contributed by atoms with Gasteiger partial charge in [0.25, 0.3) is 5.56 Å². The molecule has 3 aromatic rings. The summed E-state index contributed by atoms with van der Waals surface area (Å²) in [6.07, 6.45) is 10.8. The number of hydrogen-bond acceptors (Lipinski definition) is 6. The number of nitrogens with one attached hydrogen (secondary N) is 2. The molecule has 0 spiro atoms. The van der Waals surface area contributed by atoms with Crippen molar-refractivity contribution in [2.75, 3.05) is 5.32 Å². The van der Waals surface area contributed by atoms with Gasteiger partial charge in [-0.2, -0.15) is 5.10 Å². The second-order valence-corrected chi connectivity index (χ2v) is 10.5. The molecule has 8 nitrogen and oxygen atoms in total. The van der Waals surface area contributed by atoms with E-state index >= 15 is 0 Å². The summed E-state index contributed by atoms with van der Waals surface area (Å²) in [6.45, 7) is 7.28. The first-order valence-electron chi connectivity index (χ1n) is 12.3. The van der Waals surface area contributed by atoms with Crippen molar-refractivity contribution >= 4 is 11.6 Å². The zero-order valence-corrected chi connectivity index (χ0v) is 20.4. The normalized spacial score (nSPS) is 24.3. The van der Waals surface area contributed by atoms with Gasteiger partial charge in [-0.1, -0.05) is 20.8 Å². The zero-order chi connectivity index (χ0) is 24.6. The van der Waals surface area contributed by atoms with Crippen molar-refractivity contribution in [1.29, 1.82) is 0 Å². The molecule has 3 saturated carbocycles. The van der Waals surface area contributed by atoms with Gasteiger partial charge in [-0.05, 0) is 71.4 Å². The molecule has 3 aliphatic carbocycles. The predicted molar refractivity (Wildman–Crippen MR) is 134 cm³/mol. The first-order chi connectivity index (χ1) is 16.8. The van der Waals surface area contributed by atoms with Crippen LogP contribution in [0.25, 0.3) is 11.1 Å². The van der Waals surface area contributed by atoms with Crippen LogP contribution >= 0.6 is 0 Å². The van der Waals surface area contributed by atoms with E-state index in [0.29, 0.717) is 41.0 Å². The Kier molecular flexibility index (Phi) is 6.13. The summed E-state index contributed by atoms with van der Waals surface area (Å²) < 4.78 is 1.23. The van der Waals surface area contributed by atoms with Crippen molar-refractivity contribution in [3.8, 4) is 11.1 Å². The molecule has 3 heterocycles. The zero-order valence-electron chi connectivity index (χ0n) is 20.4. The van der Waals surface area contributed by atoms with E-state index in [0.717, 1.165) is 17.5 Å². The number of rotatable bonds is 7. The lowest BCUT2D eigenvalue weighted by molar-refractivity contribution is -0.122. The molecule has 35 heavy (non-hydrogen) atoms. The highest BCUT2D eigenvalue weighted by atomic mass is 16.2. The molecule has 2 bridgehead atoms. The molecule has 4 atom stereocenters. The molecule has 6 rings (SSSR count). The number of carbonyl (C=O) groups excluding carboxylic acids is 1. The molecule has 3 fully saturated rings. The minimum atomic E-state index is -0.297. The molecule has 1 unspecified atom stereocenters. The Morgan fingerprint density at radius 1 is 1.09 bits per heavy atom. The summed E-state index contributed by atoms with van der Waals surface area (Å²) in [6, 6.07) is 7.60. The molecular formula is C27H32N6O2. The molecule has 8 heteroatoms. The van der Waals surface area contributed by atoms with Crippen LogP contribution in [0, 0.1) is 23.2 Å². The Balaban J connectivity index is 1.38. The van der Waals surface area contributed by atoms with Gasteiger partial charge in [0.15, 0.2) is 0 Å². The van der Waals surface area contributed by atoms with Gasteiger partial charge in [0.1, 0.15) is 6.54 Å². The standard InChI is InChI=1S/C27H32N6O2/c1-17-21-12-20(27(21,2)3)13-22(17)32-23-15-31-33(26(35)25(23)19-6-10-29-11-7-19)16-24(34)30-14-18-4-8-28-9-5-18/h4-11,15,17,20-22,32H,12-14,16H2,1-3H3,(H,30,34)/t17-,20-,21+,22?/m1/s1. The summed E-state index contributed by atoms with van der Waals surface area (Å²) in [5, 5.41) is 10.9. The monoisotopic (exact) mass is 472 g/mol. The van der Waals surface area contributed by atoms with E-state index in [9.17, 15) is 9.59 Å². The third-order valence-corrected chi connectivity index (χ3v) is 8.24. The highest BCUT2D eigenvalue weighted by molar-refractivity contribution is 5.78. The van der Waals surface area contributed by atoms with Crippen molar-refractivity contribution < 1.29 is 4.79 Å². The quantitative estimate of drug-likeness (QED) is 0.546. The third kappa shape index (κ3) is 4.45. The maximum absolute atomic E-state index is 13.6. The molecule has 182 valence electrons. The van der Waals surface area contributed by atoms with Crippen LogP contribution < -0.4 is 16.2 Å². The molecule has 0 aliphatic heterocycles. The van der Waals surface area contributed by atoms with Crippen LogP contribution in [0.15, 0.2) is 60.0 Å². The fraction of sp³-hybridized carbons (Fsp3) is 0.444. The Bertz CT molecular complexity index is 1260. The minimum absolute atomic E-state index is 0.152. The van der Waals surface area contributed by atoms with Gasteiger partial charge in [-0.3, -0.25) is 19.6 Å². The number of anilines is 1. The second kappa shape index (κ2) is 9.24. The van der Waals surface area contributed by atoms with E-state index in [1.807, 2.05) is 24.3 Å². The molecule has 3 aromatic heterocycles. The van der Waals surface area contributed by atoms with Gasteiger partial charge in [0.05, 0.1) is 17.4 Å². The van der Waals surface area contributed by atoms with Crippen LogP contribution in [-0.4, -0.2) is 31.7 Å². The summed E-state index contributed by atoms with van der Waals surface area (Å²) in [4.78, 5) is 34.2. The lowest BCUT2D eigenvalue weighted by Crippen LogP contribution is -2.58. The fourth-order valence-corrected chi connectivity index (χ4v) is 5.94. The Labute approximate surface area is 205 Å². The smallest absolute Gasteiger partial charge is 0.277 e. The Hall–Kier alpha value is -3.55. The lowest BCUT2D eigenvalue weighted by atomic mass is 9.45. The van der Waals surface area contributed by atoms with Crippen LogP contribution in [0.2, 0.25) is 0 Å². The fourth-order valence-electron chi connectivity index (χ4n) is 5.94. The van der Waals surface area contributed by atoms with E-state index in [2.05, 4.69) is 46.5 Å². The largest absolute Gasteiger partial charge is 0.380 e. The second-order valence-electron chi connectivity index (χ2n) is 10.5. The van der Waals surface area contributed by atoms with Gasteiger partial charge in [0, 0.05) is 37.4 Å². The van der Waals surface area contributed by atoms with Crippen LogP contribution in [0.4, 0.5) is 5.69 Å². The van der Waals surface area contributed by atoms with E-state index in [1.165, 1.54) is 11.1 Å². The van der Waals surface area contributed by atoms with Gasteiger partial charge in [0.2, 0.25) is 5.91 Å². The SMILES string of the molecule is C[C@H]1C(Nc2cnn(CC(=O)NCc3ccncc3)c(=O)c2-c2ccncc2)C[C@H]2C[C@@H]1C2(C)C. The minimum Gasteiger partial charge on any atom is -0.380 e. The highest BCUT2D eigenvalue weighted by Gasteiger charge is 2.56. The highest BCUT2D eigenvalue weighted by Crippen LogP contribution is 2.61. The van der Waals surface area contributed by atoms with Gasteiger partial charge in [-0.15, -0.1) is 0 Å². The molecule has 1 amide bonds. The third-order valence-electron chi connectivity index (χ3n) is 8.24. The van der Waals surface area contributed by atoms with Crippen molar-refractivity contribution in [3.05, 3.63) is 71.2 Å². The maximum atomic E-state index is 13.6. The Morgan fingerprint density at radius 3 is 2.43 bits per heavy atom. The van der Waals surface area contributed by atoms with Gasteiger partial charge < -0.3 is 10.6 Å². The van der Waals surface area contributed by atoms with Crippen LogP contribution in [0.5, 0.6) is 0 Å². The number of amides is 1. The number of pyridine rings is 2. The number of fused-ring (bicyclic) bond motifs is 2. The maximum Gasteiger partial charge on any atom is 0.277 e. The van der Waals surface area contributed by atoms with Gasteiger partial charge >= 0.3 is 0 Å². The first-order valence-corrected chi connectivity index (χ1v) is 12.3. The summed E-state index contributed by atoms with van der Waals surface area (Å²) >= 11 is 0. The van der Waals surface area contributed by atoms with Crippen LogP contribution in [0.1, 0.15) is 39.2 Å². The Morgan fingerprint density at radius 2 is 1.77 bits per heavy atom. The molecular weight excluding hydrogens is 440 g/mol. The summed E-state index contributed by atoms with van der Waals surface area (Å²) in [7, 11) is 0. The molecule has 0 aromatic carbocycles. The average molecular weight is 473 g/mol. The van der Waals surface area contributed by atoms with Crippen LogP contribution in [0.3, 0.4) is 0 Å². The number of aromatic nitrogens is 4. The molecule has 0 radical (unpaired) electrons. The van der Waals surface area contributed by atoms with Crippen molar-refractivity contribution in [1.82, 2.24) is 25.1 Å². The topological polar surface area (TPSA) is 102 Å². The predicted octanol–water partition coefficient (Wildman–Crippen LogP) is 3.50. The molecule has 0 saturated heterocycles. The van der Waals surface area contributed by atoms with Crippen LogP contribution in [-0.2, 0) is 17.9 Å². The first kappa shape index (κ1) is 23.2. The van der Waals surface area contributed by atoms with E-state index in [4.69, 9.17) is 0 Å². The summed E-state index contributed by atoms with van der Waals surface area (Å²) in [5.74, 6) is 1.60. The number of carbonyl (C=O) groups is 1. The molecule has 3 aliphatic rings. The number of hydrogen-bond donors (Lipinski definition) is 2. The van der Waals surface area contributed by atoms with Gasteiger partial charge in [-0.25, -0.2) is 4.68 Å². The van der Waals surface area contributed by atoms with E-state index < -0.39 is 0 Å². The van der Waals surface area contributed by atoms with Crippen molar-refractivity contribution in [3.63, 3.8) is 0 Å². The van der Waals surface area contributed by atoms with E-state index in [1.54, 1.807) is 31.0 Å². The number of nitrogens with zero attached hydrogens (tertiary/aromatic N) is 4.